The minimum atomic E-state index is 0.00244. The SMILES string of the molecule is CC(=O)NCc1ccc(CN2CCN(c3ccc(Cl)cc3)CC2)cc1. The third kappa shape index (κ3) is 5.21. The van der Waals surface area contributed by atoms with Crippen LogP contribution >= 0.6 is 11.6 Å². The van der Waals surface area contributed by atoms with E-state index in [-0.39, 0.29) is 5.91 Å². The molecule has 0 aliphatic carbocycles. The number of piperazine rings is 1. The van der Waals surface area contributed by atoms with Gasteiger partial charge in [-0.25, -0.2) is 0 Å². The zero-order valence-corrected chi connectivity index (χ0v) is 15.3. The van der Waals surface area contributed by atoms with E-state index in [1.54, 1.807) is 0 Å². The highest BCUT2D eigenvalue weighted by atomic mass is 35.5. The number of rotatable bonds is 5. The Morgan fingerprint density at radius 3 is 2.16 bits per heavy atom. The smallest absolute Gasteiger partial charge is 0.217 e. The molecular formula is C20H24ClN3O. The van der Waals surface area contributed by atoms with Gasteiger partial charge >= 0.3 is 0 Å². The summed E-state index contributed by atoms with van der Waals surface area (Å²) in [7, 11) is 0. The molecule has 1 saturated heterocycles. The highest BCUT2D eigenvalue weighted by Crippen LogP contribution is 2.20. The summed E-state index contributed by atoms with van der Waals surface area (Å²) < 4.78 is 0. The van der Waals surface area contributed by atoms with Crippen LogP contribution in [0.1, 0.15) is 18.1 Å². The third-order valence-electron chi connectivity index (χ3n) is 4.53. The van der Waals surface area contributed by atoms with Crippen molar-refractivity contribution in [2.75, 3.05) is 31.1 Å². The molecule has 5 heteroatoms. The fraction of sp³-hybridized carbons (Fsp3) is 0.350. The molecule has 4 nitrogen and oxygen atoms in total. The average molecular weight is 358 g/mol. The zero-order chi connectivity index (χ0) is 17.6. The minimum absolute atomic E-state index is 0.00244. The largest absolute Gasteiger partial charge is 0.369 e. The highest BCUT2D eigenvalue weighted by Gasteiger charge is 2.17. The Labute approximate surface area is 154 Å². The molecule has 25 heavy (non-hydrogen) atoms. The van der Waals surface area contributed by atoms with Gasteiger partial charge in [-0.2, -0.15) is 0 Å². The first-order valence-electron chi connectivity index (χ1n) is 8.65. The summed E-state index contributed by atoms with van der Waals surface area (Å²) in [5.74, 6) is 0.00244. The maximum Gasteiger partial charge on any atom is 0.217 e. The number of hydrogen-bond acceptors (Lipinski definition) is 3. The lowest BCUT2D eigenvalue weighted by Crippen LogP contribution is -2.45. The van der Waals surface area contributed by atoms with Gasteiger partial charge in [-0.1, -0.05) is 35.9 Å². The fourth-order valence-electron chi connectivity index (χ4n) is 3.06. The van der Waals surface area contributed by atoms with E-state index in [9.17, 15) is 4.79 Å². The fourth-order valence-corrected chi connectivity index (χ4v) is 3.19. The first kappa shape index (κ1) is 17.8. The second kappa shape index (κ2) is 8.37. The Bertz CT molecular complexity index is 692. The molecule has 3 rings (SSSR count). The minimum Gasteiger partial charge on any atom is -0.369 e. The van der Waals surface area contributed by atoms with Crippen molar-refractivity contribution in [3.63, 3.8) is 0 Å². The van der Waals surface area contributed by atoms with E-state index in [2.05, 4.69) is 51.5 Å². The monoisotopic (exact) mass is 357 g/mol. The van der Waals surface area contributed by atoms with Crippen molar-refractivity contribution in [3.8, 4) is 0 Å². The standard InChI is InChI=1S/C20H24ClN3O/c1-16(25)22-14-17-2-4-18(5-3-17)15-23-10-12-24(13-11-23)20-8-6-19(21)7-9-20/h2-9H,10-15H2,1H3,(H,22,25). The summed E-state index contributed by atoms with van der Waals surface area (Å²) in [5, 5.41) is 3.61. The molecule has 0 bridgehead atoms. The summed E-state index contributed by atoms with van der Waals surface area (Å²) in [5.41, 5.74) is 3.68. The molecule has 0 unspecified atom stereocenters. The number of benzene rings is 2. The van der Waals surface area contributed by atoms with Crippen molar-refractivity contribution in [2.45, 2.75) is 20.0 Å². The molecular weight excluding hydrogens is 334 g/mol. The third-order valence-corrected chi connectivity index (χ3v) is 4.79. The van der Waals surface area contributed by atoms with Crippen molar-refractivity contribution in [1.82, 2.24) is 10.2 Å². The van der Waals surface area contributed by atoms with Gasteiger partial charge < -0.3 is 10.2 Å². The van der Waals surface area contributed by atoms with Crippen LogP contribution in [0.3, 0.4) is 0 Å². The van der Waals surface area contributed by atoms with E-state index < -0.39 is 0 Å². The van der Waals surface area contributed by atoms with Gasteiger partial charge in [0.05, 0.1) is 0 Å². The predicted octanol–water partition coefficient (Wildman–Crippen LogP) is 3.30. The van der Waals surface area contributed by atoms with Crippen LogP contribution in [0.5, 0.6) is 0 Å². The molecule has 0 radical (unpaired) electrons. The van der Waals surface area contributed by atoms with Crippen LogP contribution in [0.25, 0.3) is 0 Å². The number of nitrogens with zero attached hydrogens (tertiary/aromatic N) is 2. The lowest BCUT2D eigenvalue weighted by Gasteiger charge is -2.36. The number of amides is 1. The van der Waals surface area contributed by atoms with Gasteiger partial charge in [0.2, 0.25) is 5.91 Å². The number of halogens is 1. The van der Waals surface area contributed by atoms with Crippen molar-refractivity contribution in [3.05, 3.63) is 64.7 Å². The van der Waals surface area contributed by atoms with Crippen molar-refractivity contribution >= 4 is 23.2 Å². The van der Waals surface area contributed by atoms with Gasteiger partial charge in [0.15, 0.2) is 0 Å². The average Bonchev–Trinajstić information content (AvgIpc) is 2.62. The van der Waals surface area contributed by atoms with Crippen molar-refractivity contribution in [2.24, 2.45) is 0 Å². The summed E-state index contributed by atoms with van der Waals surface area (Å²) >= 11 is 5.96. The molecule has 1 fully saturated rings. The summed E-state index contributed by atoms with van der Waals surface area (Å²) in [6.07, 6.45) is 0. The van der Waals surface area contributed by atoms with E-state index in [0.29, 0.717) is 6.54 Å². The Kier molecular flexibility index (Phi) is 5.95. The molecule has 0 saturated carbocycles. The van der Waals surface area contributed by atoms with Crippen LogP contribution in [-0.4, -0.2) is 37.0 Å². The van der Waals surface area contributed by atoms with E-state index in [1.165, 1.54) is 18.2 Å². The Morgan fingerprint density at radius 2 is 1.56 bits per heavy atom. The van der Waals surface area contributed by atoms with Gasteiger partial charge in [-0.05, 0) is 35.4 Å². The predicted molar refractivity (Wildman–Crippen MR) is 103 cm³/mol. The van der Waals surface area contributed by atoms with E-state index in [4.69, 9.17) is 11.6 Å². The lowest BCUT2D eigenvalue weighted by atomic mass is 10.1. The van der Waals surface area contributed by atoms with Crippen molar-refractivity contribution in [1.29, 1.82) is 0 Å². The Morgan fingerprint density at radius 1 is 0.960 bits per heavy atom. The summed E-state index contributed by atoms with van der Waals surface area (Å²) in [6, 6.07) is 16.6. The van der Waals surface area contributed by atoms with Gasteiger partial charge in [-0.15, -0.1) is 0 Å². The molecule has 0 atom stereocenters. The molecule has 1 N–H and O–H groups in total. The molecule has 0 aromatic heterocycles. The molecule has 2 aromatic rings. The second-order valence-corrected chi connectivity index (χ2v) is 6.90. The zero-order valence-electron chi connectivity index (χ0n) is 14.5. The van der Waals surface area contributed by atoms with E-state index in [0.717, 1.165) is 43.3 Å². The second-order valence-electron chi connectivity index (χ2n) is 6.47. The normalized spacial score (nSPS) is 15.2. The van der Waals surface area contributed by atoms with Crippen molar-refractivity contribution < 1.29 is 4.79 Å². The van der Waals surface area contributed by atoms with Crippen LogP contribution in [0.2, 0.25) is 5.02 Å². The number of carbonyl (C=O) groups excluding carboxylic acids is 1. The van der Waals surface area contributed by atoms with Crippen LogP contribution < -0.4 is 10.2 Å². The molecule has 1 heterocycles. The topological polar surface area (TPSA) is 35.6 Å². The number of nitrogens with one attached hydrogen (secondary N) is 1. The van der Waals surface area contributed by atoms with Gasteiger partial charge in [-0.3, -0.25) is 9.69 Å². The van der Waals surface area contributed by atoms with Gasteiger partial charge in [0, 0.05) is 56.9 Å². The molecule has 0 spiro atoms. The Hall–Kier alpha value is -2.04. The molecule has 1 amide bonds. The number of anilines is 1. The van der Waals surface area contributed by atoms with Crippen LogP contribution in [0.4, 0.5) is 5.69 Å². The maximum absolute atomic E-state index is 11.0. The molecule has 2 aromatic carbocycles. The number of hydrogen-bond donors (Lipinski definition) is 1. The van der Waals surface area contributed by atoms with E-state index >= 15 is 0 Å². The first-order valence-corrected chi connectivity index (χ1v) is 9.03. The van der Waals surface area contributed by atoms with Crippen LogP contribution in [-0.2, 0) is 17.9 Å². The molecule has 132 valence electrons. The highest BCUT2D eigenvalue weighted by molar-refractivity contribution is 6.30. The first-order chi connectivity index (χ1) is 12.1. The molecule has 1 aliphatic rings. The maximum atomic E-state index is 11.0. The summed E-state index contributed by atoms with van der Waals surface area (Å²) in [6.45, 7) is 7.26. The summed E-state index contributed by atoms with van der Waals surface area (Å²) in [4.78, 5) is 15.9. The van der Waals surface area contributed by atoms with Gasteiger partial charge in [0.1, 0.15) is 0 Å². The Balaban J connectivity index is 1.48. The quantitative estimate of drug-likeness (QED) is 0.891. The molecule has 1 aliphatic heterocycles. The van der Waals surface area contributed by atoms with Crippen LogP contribution in [0, 0.1) is 0 Å². The van der Waals surface area contributed by atoms with Gasteiger partial charge in [0.25, 0.3) is 0 Å². The van der Waals surface area contributed by atoms with E-state index in [1.807, 2.05) is 12.1 Å². The van der Waals surface area contributed by atoms with Crippen LogP contribution in [0.15, 0.2) is 48.5 Å². The lowest BCUT2D eigenvalue weighted by molar-refractivity contribution is -0.119. The number of carbonyl (C=O) groups is 1.